The van der Waals surface area contributed by atoms with Gasteiger partial charge in [-0.2, -0.15) is 0 Å². The molecule has 68 valence electrons. The fourth-order valence-electron chi connectivity index (χ4n) is 1.34. The molecule has 0 bridgehead atoms. The van der Waals surface area contributed by atoms with Crippen molar-refractivity contribution >= 4 is 5.97 Å². The molecule has 12 heavy (non-hydrogen) atoms. The van der Waals surface area contributed by atoms with Crippen LogP contribution in [0.15, 0.2) is 12.2 Å². The maximum absolute atomic E-state index is 10.6. The summed E-state index contributed by atoms with van der Waals surface area (Å²) in [4.78, 5) is 10.6. The molecular weight excluding hydrogens is 152 g/mol. The Morgan fingerprint density at radius 1 is 1.42 bits per heavy atom. The van der Waals surface area contributed by atoms with Crippen molar-refractivity contribution < 1.29 is 9.53 Å². The Kier molecular flexibility index (Phi) is 3.85. The molecule has 1 aliphatic heterocycles. The molecule has 0 N–H and O–H groups in total. The van der Waals surface area contributed by atoms with Crippen LogP contribution in [0.25, 0.3) is 0 Å². The van der Waals surface area contributed by atoms with Gasteiger partial charge in [-0.25, -0.2) is 4.79 Å². The van der Waals surface area contributed by atoms with Crippen LogP contribution in [0.1, 0.15) is 39.0 Å². The molecule has 1 aliphatic rings. The van der Waals surface area contributed by atoms with Gasteiger partial charge in [-0.3, -0.25) is 0 Å². The first-order chi connectivity index (χ1) is 5.83. The van der Waals surface area contributed by atoms with Gasteiger partial charge in [0.2, 0.25) is 0 Å². The monoisotopic (exact) mass is 168 g/mol. The summed E-state index contributed by atoms with van der Waals surface area (Å²) in [6, 6.07) is 0. The predicted octanol–water partition coefficient (Wildman–Crippen LogP) is 2.44. The number of carbonyl (C=O) groups excluding carboxylic acids is 1. The van der Waals surface area contributed by atoms with E-state index in [-0.39, 0.29) is 12.1 Å². The van der Waals surface area contributed by atoms with Gasteiger partial charge >= 0.3 is 5.97 Å². The van der Waals surface area contributed by atoms with E-state index in [1.165, 1.54) is 25.3 Å². The first-order valence-corrected chi connectivity index (χ1v) is 4.71. The standard InChI is InChI=1S/C10H16O2/c1-2-3-4-5-6-9-7-8-10(11)12-9/h7-9H,2-6H2,1H3/t9-/m0/s1. The van der Waals surface area contributed by atoms with E-state index in [1.807, 2.05) is 6.08 Å². The van der Waals surface area contributed by atoms with E-state index in [0.717, 1.165) is 12.8 Å². The van der Waals surface area contributed by atoms with Crippen LogP contribution in [0.4, 0.5) is 0 Å². The largest absolute Gasteiger partial charge is 0.455 e. The summed E-state index contributed by atoms with van der Waals surface area (Å²) in [6.07, 6.45) is 9.37. The maximum atomic E-state index is 10.6. The van der Waals surface area contributed by atoms with Crippen molar-refractivity contribution in [3.63, 3.8) is 0 Å². The van der Waals surface area contributed by atoms with Crippen molar-refractivity contribution in [3.05, 3.63) is 12.2 Å². The van der Waals surface area contributed by atoms with Crippen LogP contribution in [-0.2, 0) is 9.53 Å². The van der Waals surface area contributed by atoms with E-state index in [2.05, 4.69) is 6.92 Å². The lowest BCUT2D eigenvalue weighted by Crippen LogP contribution is -2.06. The summed E-state index contributed by atoms with van der Waals surface area (Å²) < 4.78 is 4.99. The number of carbonyl (C=O) groups is 1. The first-order valence-electron chi connectivity index (χ1n) is 4.71. The number of cyclic esters (lactones) is 1. The van der Waals surface area contributed by atoms with Crippen LogP contribution in [0.3, 0.4) is 0 Å². The Balaban J connectivity index is 2.01. The fraction of sp³-hybridized carbons (Fsp3) is 0.700. The van der Waals surface area contributed by atoms with Crippen LogP contribution in [0.5, 0.6) is 0 Å². The minimum absolute atomic E-state index is 0.0642. The highest BCUT2D eigenvalue weighted by molar-refractivity contribution is 5.84. The Hall–Kier alpha value is -0.790. The number of hydrogen-bond donors (Lipinski definition) is 0. The van der Waals surface area contributed by atoms with Crippen LogP contribution < -0.4 is 0 Å². The molecule has 0 aromatic carbocycles. The molecule has 2 heteroatoms. The van der Waals surface area contributed by atoms with Gasteiger partial charge in [0, 0.05) is 6.08 Å². The summed E-state index contributed by atoms with van der Waals surface area (Å²) in [5.74, 6) is -0.185. The summed E-state index contributed by atoms with van der Waals surface area (Å²) >= 11 is 0. The van der Waals surface area contributed by atoms with Crippen molar-refractivity contribution in [1.29, 1.82) is 0 Å². The summed E-state index contributed by atoms with van der Waals surface area (Å²) in [6.45, 7) is 2.19. The topological polar surface area (TPSA) is 26.3 Å². The summed E-state index contributed by atoms with van der Waals surface area (Å²) in [7, 11) is 0. The normalized spacial score (nSPS) is 21.4. The average molecular weight is 168 g/mol. The molecule has 0 aliphatic carbocycles. The van der Waals surface area contributed by atoms with E-state index in [1.54, 1.807) is 0 Å². The Morgan fingerprint density at radius 3 is 2.83 bits per heavy atom. The zero-order valence-corrected chi connectivity index (χ0v) is 7.58. The van der Waals surface area contributed by atoms with Gasteiger partial charge in [-0.05, 0) is 18.9 Å². The van der Waals surface area contributed by atoms with Crippen molar-refractivity contribution in [1.82, 2.24) is 0 Å². The zero-order valence-electron chi connectivity index (χ0n) is 7.58. The highest BCUT2D eigenvalue weighted by Crippen LogP contribution is 2.13. The minimum Gasteiger partial charge on any atom is -0.455 e. The van der Waals surface area contributed by atoms with E-state index in [0.29, 0.717) is 0 Å². The zero-order chi connectivity index (χ0) is 8.81. The molecule has 1 rings (SSSR count). The van der Waals surface area contributed by atoms with Gasteiger partial charge in [0.25, 0.3) is 0 Å². The molecule has 1 atom stereocenters. The third-order valence-corrected chi connectivity index (χ3v) is 2.06. The maximum Gasteiger partial charge on any atom is 0.331 e. The molecule has 0 radical (unpaired) electrons. The van der Waals surface area contributed by atoms with Crippen LogP contribution in [0, 0.1) is 0 Å². The first kappa shape index (κ1) is 9.30. The highest BCUT2D eigenvalue weighted by Gasteiger charge is 2.14. The van der Waals surface area contributed by atoms with Gasteiger partial charge in [0.15, 0.2) is 0 Å². The average Bonchev–Trinajstić information content (AvgIpc) is 2.45. The molecule has 2 nitrogen and oxygen atoms in total. The number of esters is 1. The van der Waals surface area contributed by atoms with Gasteiger partial charge in [0.1, 0.15) is 6.10 Å². The van der Waals surface area contributed by atoms with E-state index < -0.39 is 0 Å². The third kappa shape index (κ3) is 3.07. The van der Waals surface area contributed by atoms with Gasteiger partial charge in [-0.1, -0.05) is 26.2 Å². The molecule has 0 saturated carbocycles. The second kappa shape index (κ2) is 4.96. The lowest BCUT2D eigenvalue weighted by molar-refractivity contribution is -0.138. The molecule has 1 heterocycles. The van der Waals surface area contributed by atoms with Gasteiger partial charge in [-0.15, -0.1) is 0 Å². The molecule has 0 aromatic heterocycles. The fourth-order valence-corrected chi connectivity index (χ4v) is 1.34. The van der Waals surface area contributed by atoms with Gasteiger partial charge < -0.3 is 4.74 Å². The van der Waals surface area contributed by atoms with Crippen LogP contribution in [0.2, 0.25) is 0 Å². The number of hydrogen-bond acceptors (Lipinski definition) is 2. The quantitative estimate of drug-likeness (QED) is 0.465. The van der Waals surface area contributed by atoms with Crippen molar-refractivity contribution in [2.75, 3.05) is 0 Å². The molecule has 0 unspecified atom stereocenters. The SMILES string of the molecule is CCCCCC[C@H]1C=CC(=O)O1. The predicted molar refractivity (Wildman–Crippen MR) is 47.8 cm³/mol. The summed E-state index contributed by atoms with van der Waals surface area (Å²) in [5, 5.41) is 0. The summed E-state index contributed by atoms with van der Waals surface area (Å²) in [5.41, 5.74) is 0. The highest BCUT2D eigenvalue weighted by atomic mass is 16.5. The van der Waals surface area contributed by atoms with Gasteiger partial charge in [0.05, 0.1) is 0 Å². The number of ether oxygens (including phenoxy) is 1. The lowest BCUT2D eigenvalue weighted by Gasteiger charge is -2.06. The van der Waals surface area contributed by atoms with Crippen LogP contribution in [-0.4, -0.2) is 12.1 Å². The van der Waals surface area contributed by atoms with Crippen molar-refractivity contribution in [3.8, 4) is 0 Å². The third-order valence-electron chi connectivity index (χ3n) is 2.06. The molecule has 0 saturated heterocycles. The Morgan fingerprint density at radius 2 is 2.25 bits per heavy atom. The molecule has 0 fully saturated rings. The van der Waals surface area contributed by atoms with E-state index in [4.69, 9.17) is 4.74 Å². The molecule has 0 amide bonds. The Labute approximate surface area is 73.6 Å². The number of rotatable bonds is 5. The smallest absolute Gasteiger partial charge is 0.331 e. The second-order valence-electron chi connectivity index (χ2n) is 3.18. The Bertz CT molecular complexity index is 173. The van der Waals surface area contributed by atoms with Crippen molar-refractivity contribution in [2.45, 2.75) is 45.1 Å². The lowest BCUT2D eigenvalue weighted by atomic mass is 10.1. The van der Waals surface area contributed by atoms with E-state index >= 15 is 0 Å². The molecular formula is C10H16O2. The molecule has 0 spiro atoms. The van der Waals surface area contributed by atoms with Crippen molar-refractivity contribution in [2.24, 2.45) is 0 Å². The second-order valence-corrected chi connectivity index (χ2v) is 3.18. The van der Waals surface area contributed by atoms with Crippen LogP contribution >= 0.6 is 0 Å². The number of unbranched alkanes of at least 4 members (excludes halogenated alkanes) is 3. The van der Waals surface area contributed by atoms with E-state index in [9.17, 15) is 4.79 Å². The minimum atomic E-state index is -0.185. The molecule has 0 aromatic rings.